The Kier molecular flexibility index (Phi) is 4.28. The Morgan fingerprint density at radius 3 is 2.48 bits per heavy atom. The molecule has 5 nitrogen and oxygen atoms in total. The van der Waals surface area contributed by atoms with Gasteiger partial charge in [-0.2, -0.15) is 13.2 Å². The van der Waals surface area contributed by atoms with Crippen molar-refractivity contribution in [2.24, 2.45) is 0 Å². The normalized spacial score (nSPS) is 14.4. The number of carbonyl (C=O) groups excluding carboxylic acids is 1. The van der Waals surface area contributed by atoms with Gasteiger partial charge in [0.25, 0.3) is 5.91 Å². The largest absolute Gasteiger partial charge is 0.478 e. The van der Waals surface area contributed by atoms with E-state index < -0.39 is 23.6 Å². The second-order valence-corrected chi connectivity index (χ2v) is 5.82. The van der Waals surface area contributed by atoms with Crippen LogP contribution < -0.4 is 0 Å². The van der Waals surface area contributed by atoms with E-state index in [2.05, 4.69) is 0 Å². The van der Waals surface area contributed by atoms with Gasteiger partial charge in [0.15, 0.2) is 5.76 Å². The first-order valence-electron chi connectivity index (χ1n) is 7.55. The first-order chi connectivity index (χ1) is 11.8. The third-order valence-electron chi connectivity index (χ3n) is 3.97. The van der Waals surface area contributed by atoms with Crippen LogP contribution in [0.15, 0.2) is 41.0 Å². The van der Waals surface area contributed by atoms with Crippen molar-refractivity contribution in [3.8, 4) is 0 Å². The molecule has 8 heteroatoms. The Labute approximate surface area is 140 Å². The number of benzene rings is 1. The van der Waals surface area contributed by atoms with Gasteiger partial charge >= 0.3 is 12.1 Å². The molecular weight excluding hydrogens is 339 g/mol. The van der Waals surface area contributed by atoms with Crippen molar-refractivity contribution in [2.45, 2.75) is 31.6 Å². The standard InChI is InChI=1S/C17H14F3NO4/c18-17(19,20)13-4-2-1-3-10(13)8-21(12-5-6-12)15(22)14-7-11(9-25-14)16(23)24/h1-4,7,9,12H,5-6,8H2,(H,23,24). The number of carbonyl (C=O) groups is 2. The number of carboxylic acid groups (broad SMARTS) is 1. The summed E-state index contributed by atoms with van der Waals surface area (Å²) in [6.45, 7) is -0.220. The number of hydrogen-bond donors (Lipinski definition) is 1. The van der Waals surface area contributed by atoms with E-state index >= 15 is 0 Å². The summed E-state index contributed by atoms with van der Waals surface area (Å²) in [5, 5.41) is 8.89. The molecule has 1 N–H and O–H groups in total. The molecule has 1 aliphatic rings. The van der Waals surface area contributed by atoms with Crippen molar-refractivity contribution in [2.75, 3.05) is 0 Å². The maximum absolute atomic E-state index is 13.1. The van der Waals surface area contributed by atoms with Crippen LogP contribution >= 0.6 is 0 Å². The predicted octanol–water partition coefficient (Wildman–Crippen LogP) is 3.80. The van der Waals surface area contributed by atoms with Gasteiger partial charge in [0.1, 0.15) is 6.26 Å². The monoisotopic (exact) mass is 353 g/mol. The summed E-state index contributed by atoms with van der Waals surface area (Å²) in [6, 6.07) is 5.98. The number of amides is 1. The minimum absolute atomic E-state index is 0.0136. The smallest absolute Gasteiger partial charge is 0.416 e. The molecule has 1 heterocycles. The molecule has 0 aliphatic heterocycles. The summed E-state index contributed by atoms with van der Waals surface area (Å²) in [5.41, 5.74) is -0.992. The van der Waals surface area contributed by atoms with Gasteiger partial charge in [-0.3, -0.25) is 4.79 Å². The predicted molar refractivity (Wildman–Crippen MR) is 80.0 cm³/mol. The van der Waals surface area contributed by atoms with E-state index in [4.69, 9.17) is 9.52 Å². The highest BCUT2D eigenvalue weighted by Crippen LogP contribution is 2.35. The fraction of sp³-hybridized carbons (Fsp3) is 0.294. The Balaban J connectivity index is 1.88. The number of rotatable bonds is 5. The second-order valence-electron chi connectivity index (χ2n) is 5.82. The lowest BCUT2D eigenvalue weighted by Crippen LogP contribution is -2.33. The molecular formula is C17H14F3NO4. The zero-order valence-electron chi connectivity index (χ0n) is 12.9. The highest BCUT2D eigenvalue weighted by molar-refractivity contribution is 5.95. The van der Waals surface area contributed by atoms with Gasteiger partial charge in [0.2, 0.25) is 0 Å². The lowest BCUT2D eigenvalue weighted by Gasteiger charge is -2.23. The van der Waals surface area contributed by atoms with Crippen molar-refractivity contribution >= 4 is 11.9 Å². The molecule has 0 spiro atoms. The molecule has 0 radical (unpaired) electrons. The van der Waals surface area contributed by atoms with Crippen LogP contribution in [0.2, 0.25) is 0 Å². The number of hydrogen-bond acceptors (Lipinski definition) is 3. The summed E-state index contributed by atoms with van der Waals surface area (Å²) in [7, 11) is 0. The molecule has 1 aliphatic carbocycles. The van der Waals surface area contributed by atoms with Crippen molar-refractivity contribution < 1.29 is 32.3 Å². The van der Waals surface area contributed by atoms with Crippen molar-refractivity contribution in [3.63, 3.8) is 0 Å². The van der Waals surface area contributed by atoms with Crippen LogP contribution in [-0.2, 0) is 12.7 Å². The van der Waals surface area contributed by atoms with Gasteiger partial charge in [-0.05, 0) is 24.5 Å². The number of furan rings is 1. The van der Waals surface area contributed by atoms with Crippen LogP contribution in [0.1, 0.15) is 44.9 Å². The zero-order chi connectivity index (χ0) is 18.2. The number of carboxylic acids is 1. The second kappa shape index (κ2) is 6.27. The number of halogens is 3. The van der Waals surface area contributed by atoms with Crippen LogP contribution in [0.3, 0.4) is 0 Å². The average Bonchev–Trinajstić information content (AvgIpc) is 3.26. The van der Waals surface area contributed by atoms with Gasteiger partial charge in [0, 0.05) is 18.7 Å². The van der Waals surface area contributed by atoms with Crippen LogP contribution in [0.5, 0.6) is 0 Å². The molecule has 1 aromatic carbocycles. The van der Waals surface area contributed by atoms with Crippen LogP contribution in [0, 0.1) is 0 Å². The fourth-order valence-electron chi connectivity index (χ4n) is 2.57. The SMILES string of the molecule is O=C(O)c1coc(C(=O)N(Cc2ccccc2C(F)(F)F)C2CC2)c1. The van der Waals surface area contributed by atoms with E-state index in [0.29, 0.717) is 12.8 Å². The third kappa shape index (κ3) is 3.67. The van der Waals surface area contributed by atoms with Crippen LogP contribution in [-0.4, -0.2) is 27.9 Å². The zero-order valence-corrected chi connectivity index (χ0v) is 12.9. The van der Waals surface area contributed by atoms with Gasteiger partial charge in [-0.1, -0.05) is 18.2 Å². The highest BCUT2D eigenvalue weighted by atomic mass is 19.4. The fourth-order valence-corrected chi connectivity index (χ4v) is 2.57. The minimum Gasteiger partial charge on any atom is -0.478 e. The maximum atomic E-state index is 13.1. The van der Waals surface area contributed by atoms with E-state index in [9.17, 15) is 22.8 Å². The summed E-state index contributed by atoms with van der Waals surface area (Å²) in [4.78, 5) is 24.8. The summed E-state index contributed by atoms with van der Waals surface area (Å²) >= 11 is 0. The molecule has 0 atom stereocenters. The minimum atomic E-state index is -4.52. The highest BCUT2D eigenvalue weighted by Gasteiger charge is 2.38. The molecule has 2 aromatic rings. The van der Waals surface area contributed by atoms with Gasteiger partial charge < -0.3 is 14.4 Å². The molecule has 3 rings (SSSR count). The first kappa shape index (κ1) is 17.1. The van der Waals surface area contributed by atoms with Crippen LogP contribution in [0.25, 0.3) is 0 Å². The van der Waals surface area contributed by atoms with Gasteiger partial charge in [-0.15, -0.1) is 0 Å². The van der Waals surface area contributed by atoms with E-state index in [-0.39, 0.29) is 29.5 Å². The molecule has 1 fully saturated rings. The molecule has 0 unspecified atom stereocenters. The van der Waals surface area contributed by atoms with Gasteiger partial charge in [-0.25, -0.2) is 4.79 Å². The van der Waals surface area contributed by atoms with E-state index in [1.54, 1.807) is 0 Å². The van der Waals surface area contributed by atoms with Gasteiger partial charge in [0.05, 0.1) is 11.1 Å². The van der Waals surface area contributed by atoms with E-state index in [1.807, 2.05) is 0 Å². The van der Waals surface area contributed by atoms with Crippen molar-refractivity contribution in [1.82, 2.24) is 4.90 Å². The van der Waals surface area contributed by atoms with Crippen molar-refractivity contribution in [1.29, 1.82) is 0 Å². The molecule has 0 bridgehead atoms. The summed E-state index contributed by atoms with van der Waals surface area (Å²) in [5.74, 6) is -2.07. The Hall–Kier alpha value is -2.77. The summed E-state index contributed by atoms with van der Waals surface area (Å²) in [6.07, 6.45) is -2.21. The Morgan fingerprint density at radius 1 is 1.24 bits per heavy atom. The Bertz CT molecular complexity index is 808. The van der Waals surface area contributed by atoms with E-state index in [0.717, 1.165) is 18.4 Å². The molecule has 1 amide bonds. The topological polar surface area (TPSA) is 70.7 Å². The molecule has 1 aromatic heterocycles. The van der Waals surface area contributed by atoms with Crippen LogP contribution in [0.4, 0.5) is 13.2 Å². The molecule has 0 saturated heterocycles. The van der Waals surface area contributed by atoms with Crippen molar-refractivity contribution in [3.05, 3.63) is 59.0 Å². The quantitative estimate of drug-likeness (QED) is 0.888. The lowest BCUT2D eigenvalue weighted by atomic mass is 10.1. The summed E-state index contributed by atoms with van der Waals surface area (Å²) < 4.78 is 44.4. The lowest BCUT2D eigenvalue weighted by molar-refractivity contribution is -0.138. The number of aromatic carboxylic acids is 1. The number of alkyl halides is 3. The average molecular weight is 353 g/mol. The first-order valence-corrected chi connectivity index (χ1v) is 7.55. The molecule has 1 saturated carbocycles. The van der Waals surface area contributed by atoms with E-state index in [1.165, 1.54) is 23.1 Å². The third-order valence-corrected chi connectivity index (χ3v) is 3.97. The Morgan fingerprint density at radius 2 is 1.92 bits per heavy atom. The maximum Gasteiger partial charge on any atom is 0.416 e. The molecule has 132 valence electrons. The number of nitrogens with zero attached hydrogens (tertiary/aromatic N) is 1. The molecule has 25 heavy (non-hydrogen) atoms.